The largest absolute Gasteiger partial charge is 0.461 e. The molecule has 1 aromatic carbocycles. The summed E-state index contributed by atoms with van der Waals surface area (Å²) in [5.74, 6) is -0.0569. The highest BCUT2D eigenvalue weighted by atomic mass is 19.1. The molecule has 2 aromatic rings. The zero-order valence-electron chi connectivity index (χ0n) is 13.1. The fourth-order valence-electron chi connectivity index (χ4n) is 2.56. The number of piperazine rings is 1. The van der Waals surface area contributed by atoms with E-state index in [4.69, 9.17) is 4.42 Å². The van der Waals surface area contributed by atoms with Gasteiger partial charge in [0.05, 0.1) is 12.8 Å². The first-order valence-electron chi connectivity index (χ1n) is 7.72. The minimum absolute atomic E-state index is 0.0655. The Bertz CT molecular complexity index is 692. The van der Waals surface area contributed by atoms with E-state index in [0.717, 1.165) is 0 Å². The Kier molecular flexibility index (Phi) is 4.90. The topological polar surface area (TPSA) is 65.8 Å². The number of hydrogen-bond acceptors (Lipinski definition) is 4. The number of anilines is 1. The summed E-state index contributed by atoms with van der Waals surface area (Å²) in [7, 11) is 0. The van der Waals surface area contributed by atoms with E-state index in [-0.39, 0.29) is 24.2 Å². The molecule has 0 spiro atoms. The molecule has 126 valence electrons. The molecule has 3 rings (SSSR count). The van der Waals surface area contributed by atoms with Gasteiger partial charge >= 0.3 is 6.03 Å². The predicted molar refractivity (Wildman–Crippen MR) is 86.5 cm³/mol. The van der Waals surface area contributed by atoms with Crippen LogP contribution in [-0.4, -0.2) is 54.3 Å². The standard InChI is InChI=1S/C17H18FN3O3/c18-13-3-5-14(6-4-13)19-17(23)21-9-7-20(8-10-21)12-15(22)16-2-1-11-24-16/h1-6,11H,7-10,12H2,(H,19,23). The molecule has 1 fully saturated rings. The van der Waals surface area contributed by atoms with Crippen molar-refractivity contribution in [1.82, 2.24) is 9.80 Å². The Morgan fingerprint density at radius 3 is 2.42 bits per heavy atom. The van der Waals surface area contributed by atoms with E-state index in [0.29, 0.717) is 37.6 Å². The molecule has 0 atom stereocenters. The Labute approximate surface area is 138 Å². The summed E-state index contributed by atoms with van der Waals surface area (Å²) in [6.45, 7) is 2.56. The number of amides is 2. The third-order valence-corrected chi connectivity index (χ3v) is 3.92. The highest BCUT2D eigenvalue weighted by Gasteiger charge is 2.23. The molecular weight excluding hydrogens is 313 g/mol. The average molecular weight is 331 g/mol. The van der Waals surface area contributed by atoms with Gasteiger partial charge in [-0.3, -0.25) is 9.69 Å². The predicted octanol–water partition coefficient (Wildman–Crippen LogP) is 2.45. The van der Waals surface area contributed by atoms with Gasteiger partial charge in [-0.1, -0.05) is 0 Å². The normalized spacial score (nSPS) is 15.3. The van der Waals surface area contributed by atoms with E-state index in [1.807, 2.05) is 4.90 Å². The van der Waals surface area contributed by atoms with E-state index in [9.17, 15) is 14.0 Å². The van der Waals surface area contributed by atoms with Crippen LogP contribution in [0, 0.1) is 5.82 Å². The van der Waals surface area contributed by atoms with Crippen molar-refractivity contribution < 1.29 is 18.4 Å². The Morgan fingerprint density at radius 1 is 1.08 bits per heavy atom. The van der Waals surface area contributed by atoms with Crippen LogP contribution in [0.2, 0.25) is 0 Å². The zero-order chi connectivity index (χ0) is 16.9. The van der Waals surface area contributed by atoms with E-state index >= 15 is 0 Å². The number of carbonyl (C=O) groups is 2. The lowest BCUT2D eigenvalue weighted by molar-refractivity contribution is 0.0857. The molecule has 6 nitrogen and oxygen atoms in total. The van der Waals surface area contributed by atoms with Gasteiger partial charge in [-0.15, -0.1) is 0 Å². The quantitative estimate of drug-likeness (QED) is 0.874. The second kappa shape index (κ2) is 7.27. The number of carbonyl (C=O) groups excluding carboxylic acids is 2. The molecule has 1 saturated heterocycles. The number of hydrogen-bond donors (Lipinski definition) is 1. The van der Waals surface area contributed by atoms with Gasteiger partial charge in [0.2, 0.25) is 5.78 Å². The van der Waals surface area contributed by atoms with Gasteiger partial charge in [0.15, 0.2) is 5.76 Å². The van der Waals surface area contributed by atoms with Crippen molar-refractivity contribution >= 4 is 17.5 Å². The number of ketones is 1. The van der Waals surface area contributed by atoms with Crippen molar-refractivity contribution in [2.45, 2.75) is 0 Å². The molecule has 2 amide bonds. The zero-order valence-corrected chi connectivity index (χ0v) is 13.1. The molecule has 0 aliphatic carbocycles. The maximum atomic E-state index is 12.9. The van der Waals surface area contributed by atoms with Crippen molar-refractivity contribution in [1.29, 1.82) is 0 Å². The molecule has 0 bridgehead atoms. The maximum Gasteiger partial charge on any atom is 0.321 e. The van der Waals surface area contributed by atoms with Crippen LogP contribution in [0.15, 0.2) is 47.1 Å². The first-order valence-corrected chi connectivity index (χ1v) is 7.72. The van der Waals surface area contributed by atoms with E-state index < -0.39 is 0 Å². The van der Waals surface area contributed by atoms with Gasteiger partial charge in [0.1, 0.15) is 5.82 Å². The second-order valence-corrected chi connectivity index (χ2v) is 5.60. The molecule has 7 heteroatoms. The van der Waals surface area contributed by atoms with Crippen LogP contribution in [0.25, 0.3) is 0 Å². The third-order valence-electron chi connectivity index (χ3n) is 3.92. The lowest BCUT2D eigenvalue weighted by atomic mass is 10.2. The molecule has 1 N–H and O–H groups in total. The van der Waals surface area contributed by atoms with Gasteiger partial charge in [0, 0.05) is 31.9 Å². The number of Topliss-reactive ketones (excluding diaryl/α,β-unsaturated/α-hetero) is 1. The Morgan fingerprint density at radius 2 is 1.79 bits per heavy atom. The minimum atomic E-state index is -0.345. The van der Waals surface area contributed by atoms with Crippen LogP contribution in [0.4, 0.5) is 14.9 Å². The van der Waals surface area contributed by atoms with E-state index in [1.165, 1.54) is 30.5 Å². The van der Waals surface area contributed by atoms with Crippen molar-refractivity contribution in [3.05, 3.63) is 54.2 Å². The van der Waals surface area contributed by atoms with Crippen LogP contribution >= 0.6 is 0 Å². The van der Waals surface area contributed by atoms with E-state index in [1.54, 1.807) is 17.0 Å². The summed E-state index contributed by atoms with van der Waals surface area (Å²) in [5.41, 5.74) is 0.553. The second-order valence-electron chi connectivity index (χ2n) is 5.60. The van der Waals surface area contributed by atoms with Gasteiger partial charge in [-0.25, -0.2) is 9.18 Å². The molecule has 0 radical (unpaired) electrons. The van der Waals surface area contributed by atoms with Gasteiger partial charge in [-0.05, 0) is 36.4 Å². The third kappa shape index (κ3) is 3.99. The highest BCUT2D eigenvalue weighted by molar-refractivity contribution is 5.95. The number of halogens is 1. The van der Waals surface area contributed by atoms with Crippen LogP contribution in [-0.2, 0) is 0 Å². The summed E-state index contributed by atoms with van der Waals surface area (Å²) in [6, 6.07) is 8.75. The van der Waals surface area contributed by atoms with Crippen LogP contribution < -0.4 is 5.32 Å². The molecule has 1 aromatic heterocycles. The average Bonchev–Trinajstić information content (AvgIpc) is 3.12. The SMILES string of the molecule is O=C(CN1CCN(C(=O)Nc2ccc(F)cc2)CC1)c1ccco1. The van der Waals surface area contributed by atoms with Crippen LogP contribution in [0.1, 0.15) is 10.6 Å². The lowest BCUT2D eigenvalue weighted by Crippen LogP contribution is -2.51. The molecule has 24 heavy (non-hydrogen) atoms. The smallest absolute Gasteiger partial charge is 0.321 e. The molecule has 1 aliphatic rings. The molecule has 0 unspecified atom stereocenters. The van der Waals surface area contributed by atoms with Gasteiger partial charge in [-0.2, -0.15) is 0 Å². The number of rotatable bonds is 4. The van der Waals surface area contributed by atoms with Gasteiger partial charge < -0.3 is 14.6 Å². The highest BCUT2D eigenvalue weighted by Crippen LogP contribution is 2.11. The van der Waals surface area contributed by atoms with Crippen molar-refractivity contribution in [3.8, 4) is 0 Å². The maximum absolute atomic E-state index is 12.9. The van der Waals surface area contributed by atoms with E-state index in [2.05, 4.69) is 5.32 Å². The summed E-state index contributed by atoms with van der Waals surface area (Å²) < 4.78 is 18.0. The number of urea groups is 1. The van der Waals surface area contributed by atoms with Crippen LogP contribution in [0.5, 0.6) is 0 Å². The minimum Gasteiger partial charge on any atom is -0.461 e. The van der Waals surface area contributed by atoms with Crippen molar-refractivity contribution in [3.63, 3.8) is 0 Å². The Balaban J connectivity index is 1.47. The summed E-state index contributed by atoms with van der Waals surface area (Å²) in [6.07, 6.45) is 1.48. The number of nitrogens with zero attached hydrogens (tertiary/aromatic N) is 2. The molecule has 2 heterocycles. The number of nitrogens with one attached hydrogen (secondary N) is 1. The Hall–Kier alpha value is -2.67. The number of benzene rings is 1. The molecule has 0 saturated carbocycles. The first-order chi connectivity index (χ1) is 11.6. The molecule has 1 aliphatic heterocycles. The fraction of sp³-hybridized carbons (Fsp3) is 0.294. The summed E-state index contributed by atoms with van der Waals surface area (Å²) >= 11 is 0. The fourth-order valence-corrected chi connectivity index (χ4v) is 2.56. The van der Waals surface area contributed by atoms with Crippen LogP contribution in [0.3, 0.4) is 0 Å². The number of furan rings is 1. The lowest BCUT2D eigenvalue weighted by Gasteiger charge is -2.34. The first kappa shape index (κ1) is 16.2. The summed E-state index contributed by atoms with van der Waals surface area (Å²) in [5, 5.41) is 2.74. The summed E-state index contributed by atoms with van der Waals surface area (Å²) in [4.78, 5) is 27.9. The van der Waals surface area contributed by atoms with Gasteiger partial charge in [0.25, 0.3) is 0 Å². The monoisotopic (exact) mass is 331 g/mol. The molecular formula is C17H18FN3O3. The van der Waals surface area contributed by atoms with Crippen molar-refractivity contribution in [2.24, 2.45) is 0 Å². The van der Waals surface area contributed by atoms with Crippen molar-refractivity contribution in [2.75, 3.05) is 38.0 Å².